The van der Waals surface area contributed by atoms with Gasteiger partial charge in [-0.2, -0.15) is 0 Å². The van der Waals surface area contributed by atoms with E-state index in [0.29, 0.717) is 0 Å². The molecule has 34 heavy (non-hydrogen) atoms. The summed E-state index contributed by atoms with van der Waals surface area (Å²) in [5, 5.41) is 12.0. The van der Waals surface area contributed by atoms with Crippen LogP contribution in [0.15, 0.2) is 96.8 Å². The number of benzene rings is 4. The SMILES string of the molecule is CC(=O)/C=C(/C)O.[Ir].[c-]1cc2ccccc2cc1-c1cc2c3c(cccc3n1)-c1ccccc1-2. The van der Waals surface area contributed by atoms with Crippen molar-refractivity contribution >= 4 is 27.5 Å². The third-order valence-corrected chi connectivity index (χ3v) is 5.71. The number of ketones is 1. The first-order valence-corrected chi connectivity index (χ1v) is 10.8. The molecular weight excluding hydrogens is 599 g/mol. The summed E-state index contributed by atoms with van der Waals surface area (Å²) in [6.45, 7) is 2.85. The fraction of sp³-hybridized carbons (Fsp3) is 0.0667. The molecule has 0 saturated carbocycles. The molecule has 0 amide bonds. The van der Waals surface area contributed by atoms with Crippen molar-refractivity contribution in [2.75, 3.05) is 0 Å². The van der Waals surface area contributed by atoms with Gasteiger partial charge >= 0.3 is 0 Å². The van der Waals surface area contributed by atoms with Crippen molar-refractivity contribution in [3.05, 3.63) is 103 Å². The van der Waals surface area contributed by atoms with E-state index in [9.17, 15) is 4.79 Å². The van der Waals surface area contributed by atoms with Crippen molar-refractivity contribution in [2.45, 2.75) is 13.8 Å². The van der Waals surface area contributed by atoms with Gasteiger partial charge in [-0.25, -0.2) is 0 Å². The normalized spacial score (nSPS) is 11.4. The summed E-state index contributed by atoms with van der Waals surface area (Å²) < 4.78 is 0. The minimum Gasteiger partial charge on any atom is -0.512 e. The van der Waals surface area contributed by atoms with Gasteiger partial charge in [0.25, 0.3) is 0 Å². The summed E-state index contributed by atoms with van der Waals surface area (Å²) in [5.74, 6) is -0.0625. The van der Waals surface area contributed by atoms with Crippen LogP contribution in [-0.4, -0.2) is 15.9 Å². The van der Waals surface area contributed by atoms with E-state index in [2.05, 4.69) is 91.0 Å². The third kappa shape index (κ3) is 4.43. The van der Waals surface area contributed by atoms with E-state index in [0.717, 1.165) is 16.8 Å². The number of hydrogen-bond donors (Lipinski definition) is 1. The molecule has 1 aliphatic carbocycles. The number of pyridine rings is 1. The Morgan fingerprint density at radius 2 is 1.47 bits per heavy atom. The molecule has 0 aliphatic heterocycles. The van der Waals surface area contributed by atoms with Crippen LogP contribution in [0.25, 0.3) is 55.2 Å². The van der Waals surface area contributed by atoms with Gasteiger partial charge in [0.15, 0.2) is 5.78 Å². The molecule has 0 atom stereocenters. The monoisotopic (exact) mass is 621 g/mol. The van der Waals surface area contributed by atoms with Crippen molar-refractivity contribution in [2.24, 2.45) is 0 Å². The zero-order valence-corrected chi connectivity index (χ0v) is 21.2. The molecule has 1 aromatic heterocycles. The van der Waals surface area contributed by atoms with Crippen molar-refractivity contribution < 1.29 is 30.0 Å². The van der Waals surface area contributed by atoms with Gasteiger partial charge in [0.1, 0.15) is 0 Å². The summed E-state index contributed by atoms with van der Waals surface area (Å²) in [6.07, 6.45) is 1.17. The standard InChI is InChI=1S/C25H14N.C5H8O2.Ir/c1-2-7-17-14-18(13-12-16(17)6-1)24-15-22-20-9-4-3-8-19(20)21-10-5-11-23(26-24)25(21)22;1-4(6)3-5(2)7;/h1-12,14-15H;3,6H,1-2H3;/q-1;;/b;4-3-;. The number of allylic oxidation sites excluding steroid dienone is 2. The molecule has 4 aromatic carbocycles. The quantitative estimate of drug-likeness (QED) is 0.124. The van der Waals surface area contributed by atoms with E-state index >= 15 is 0 Å². The fourth-order valence-corrected chi connectivity index (χ4v) is 4.38. The van der Waals surface area contributed by atoms with Crippen LogP contribution in [0.1, 0.15) is 13.8 Å². The number of fused-ring (bicyclic) bond motifs is 4. The molecule has 0 saturated heterocycles. The molecule has 1 N–H and O–H groups in total. The van der Waals surface area contributed by atoms with Gasteiger partial charge in [0, 0.05) is 31.6 Å². The third-order valence-electron chi connectivity index (χ3n) is 5.71. The van der Waals surface area contributed by atoms with E-state index in [4.69, 9.17) is 10.1 Å². The van der Waals surface area contributed by atoms with Gasteiger partial charge < -0.3 is 5.11 Å². The van der Waals surface area contributed by atoms with Crippen LogP contribution in [-0.2, 0) is 24.9 Å². The molecule has 0 bridgehead atoms. The summed E-state index contributed by atoms with van der Waals surface area (Å²) in [6, 6.07) is 33.3. The van der Waals surface area contributed by atoms with Gasteiger partial charge in [-0.3, -0.25) is 9.78 Å². The molecule has 1 radical (unpaired) electrons. The average molecular weight is 621 g/mol. The number of nitrogens with zero attached hydrogens (tertiary/aromatic N) is 1. The maximum Gasteiger partial charge on any atom is 0.155 e. The number of hydrogen-bond acceptors (Lipinski definition) is 3. The Labute approximate surface area is 212 Å². The molecule has 169 valence electrons. The van der Waals surface area contributed by atoms with Crippen LogP contribution in [0.5, 0.6) is 0 Å². The number of rotatable bonds is 2. The Balaban J connectivity index is 0.000000303. The minimum atomic E-state index is -0.125. The average Bonchev–Trinajstić information content (AvgIpc) is 3.14. The number of aromatic nitrogens is 1. The van der Waals surface area contributed by atoms with Crippen molar-refractivity contribution in [3.8, 4) is 33.5 Å². The number of aliphatic hydroxyl groups excluding tert-OH is 1. The second-order valence-electron chi connectivity index (χ2n) is 8.17. The summed E-state index contributed by atoms with van der Waals surface area (Å²) >= 11 is 0. The zero-order chi connectivity index (χ0) is 22.9. The van der Waals surface area contributed by atoms with E-state index in [1.54, 1.807) is 0 Å². The van der Waals surface area contributed by atoms with Crippen LogP contribution in [0, 0.1) is 6.07 Å². The van der Waals surface area contributed by atoms with Gasteiger partial charge in [-0.1, -0.05) is 72.1 Å². The summed E-state index contributed by atoms with van der Waals surface area (Å²) in [4.78, 5) is 15.0. The van der Waals surface area contributed by atoms with Crippen LogP contribution in [0.2, 0.25) is 0 Å². The first-order chi connectivity index (χ1) is 16.0. The fourth-order valence-electron chi connectivity index (χ4n) is 4.38. The van der Waals surface area contributed by atoms with Crippen molar-refractivity contribution in [1.82, 2.24) is 4.98 Å². The van der Waals surface area contributed by atoms with Gasteiger partial charge in [-0.15, -0.1) is 29.1 Å². The van der Waals surface area contributed by atoms with Crippen LogP contribution in [0.4, 0.5) is 0 Å². The van der Waals surface area contributed by atoms with Gasteiger partial charge in [-0.05, 0) is 47.9 Å². The molecule has 6 rings (SSSR count). The van der Waals surface area contributed by atoms with Crippen LogP contribution in [0.3, 0.4) is 0 Å². The van der Waals surface area contributed by atoms with Gasteiger partial charge in [0.05, 0.1) is 11.3 Å². The number of aliphatic hydroxyl groups is 1. The van der Waals surface area contributed by atoms with Crippen molar-refractivity contribution in [1.29, 1.82) is 0 Å². The molecular formula is C30H22IrNO2-. The summed E-state index contributed by atoms with van der Waals surface area (Å²) in [7, 11) is 0. The molecule has 3 nitrogen and oxygen atoms in total. The van der Waals surface area contributed by atoms with E-state index in [1.807, 2.05) is 0 Å². The predicted octanol–water partition coefficient (Wildman–Crippen LogP) is 7.54. The first kappa shape index (κ1) is 23.6. The van der Waals surface area contributed by atoms with Crippen molar-refractivity contribution in [3.63, 3.8) is 0 Å². The Kier molecular flexibility index (Phi) is 6.74. The number of carbonyl (C=O) groups excluding carboxylic acids is 1. The molecule has 1 aliphatic rings. The predicted molar refractivity (Wildman–Crippen MR) is 135 cm³/mol. The zero-order valence-electron chi connectivity index (χ0n) is 18.8. The van der Waals surface area contributed by atoms with Crippen LogP contribution < -0.4 is 0 Å². The maximum atomic E-state index is 10.0. The smallest absolute Gasteiger partial charge is 0.155 e. The second-order valence-corrected chi connectivity index (χ2v) is 8.17. The first-order valence-electron chi connectivity index (χ1n) is 10.8. The summed E-state index contributed by atoms with van der Waals surface area (Å²) in [5.41, 5.74) is 8.22. The van der Waals surface area contributed by atoms with Gasteiger partial charge in [0.2, 0.25) is 0 Å². The van der Waals surface area contributed by atoms with E-state index in [1.165, 1.54) is 58.3 Å². The Bertz CT molecular complexity index is 1570. The van der Waals surface area contributed by atoms with E-state index < -0.39 is 0 Å². The second kappa shape index (κ2) is 9.72. The van der Waals surface area contributed by atoms with Crippen LogP contribution >= 0.6 is 0 Å². The topological polar surface area (TPSA) is 50.2 Å². The molecule has 4 heteroatoms. The van der Waals surface area contributed by atoms with E-state index in [-0.39, 0.29) is 31.6 Å². The molecule has 0 spiro atoms. The molecule has 1 heterocycles. The molecule has 0 fully saturated rings. The minimum absolute atomic E-state index is 0. The Morgan fingerprint density at radius 3 is 2.15 bits per heavy atom. The Morgan fingerprint density at radius 1 is 0.824 bits per heavy atom. The Hall–Kier alpha value is -3.59. The largest absolute Gasteiger partial charge is 0.512 e. The number of carbonyl (C=O) groups is 1. The molecule has 5 aromatic rings. The molecule has 0 unspecified atom stereocenters. The maximum absolute atomic E-state index is 10.0.